The number of aromatic nitrogens is 2. The highest BCUT2D eigenvalue weighted by Gasteiger charge is 2.32. The quantitative estimate of drug-likeness (QED) is 0.814. The van der Waals surface area contributed by atoms with E-state index in [4.69, 9.17) is 5.11 Å². The Morgan fingerprint density at radius 2 is 2.00 bits per heavy atom. The molecular weight excluding hydrogens is 373 g/mol. The molecule has 0 aliphatic rings. The lowest BCUT2D eigenvalue weighted by atomic mass is 10.2. The van der Waals surface area contributed by atoms with Gasteiger partial charge < -0.3 is 5.11 Å². The van der Waals surface area contributed by atoms with Crippen molar-refractivity contribution in [2.75, 3.05) is 0 Å². The molecule has 0 saturated heterocycles. The zero-order chi connectivity index (χ0) is 15.6. The molecule has 0 unspecified atom stereocenters. The van der Waals surface area contributed by atoms with Crippen LogP contribution in [-0.2, 0) is 6.18 Å². The number of nitrogens with zero attached hydrogens (tertiary/aromatic N) is 2. The first kappa shape index (κ1) is 15.8. The highest BCUT2D eigenvalue weighted by molar-refractivity contribution is 9.10. The van der Waals surface area contributed by atoms with E-state index in [1.165, 1.54) is 12.1 Å². The first-order chi connectivity index (χ1) is 9.77. The van der Waals surface area contributed by atoms with Crippen LogP contribution >= 0.6 is 27.7 Å². The highest BCUT2D eigenvalue weighted by Crippen LogP contribution is 2.32. The minimum atomic E-state index is -4.55. The van der Waals surface area contributed by atoms with E-state index in [2.05, 4.69) is 25.9 Å². The van der Waals surface area contributed by atoms with E-state index in [1.54, 1.807) is 6.07 Å². The molecule has 1 heterocycles. The zero-order valence-corrected chi connectivity index (χ0v) is 12.5. The first-order valence-electron chi connectivity index (χ1n) is 5.38. The van der Waals surface area contributed by atoms with Crippen LogP contribution in [0.2, 0.25) is 0 Å². The van der Waals surface area contributed by atoms with Crippen LogP contribution in [0.25, 0.3) is 0 Å². The molecule has 2 rings (SSSR count). The molecule has 1 aromatic heterocycles. The van der Waals surface area contributed by atoms with Crippen LogP contribution in [0.3, 0.4) is 0 Å². The minimum Gasteiger partial charge on any atom is -0.478 e. The number of halogens is 4. The molecule has 0 aliphatic heterocycles. The number of carboxylic acid groups (broad SMARTS) is 1. The van der Waals surface area contributed by atoms with E-state index < -0.39 is 17.8 Å². The van der Waals surface area contributed by atoms with E-state index in [0.29, 0.717) is 9.37 Å². The SMILES string of the molecule is O=C(O)c1cc(Sc2nccc(C(F)(F)F)n2)ccc1Br. The second kappa shape index (κ2) is 6.02. The maximum atomic E-state index is 12.5. The van der Waals surface area contributed by atoms with E-state index in [9.17, 15) is 18.0 Å². The third kappa shape index (κ3) is 3.94. The number of alkyl halides is 3. The van der Waals surface area contributed by atoms with Crippen molar-refractivity contribution >= 4 is 33.7 Å². The van der Waals surface area contributed by atoms with Gasteiger partial charge in [-0.05, 0) is 52.0 Å². The summed E-state index contributed by atoms with van der Waals surface area (Å²) in [5.41, 5.74) is -1.04. The largest absolute Gasteiger partial charge is 0.478 e. The predicted octanol–water partition coefficient (Wildman–Crippen LogP) is 4.11. The molecule has 0 amide bonds. The van der Waals surface area contributed by atoms with Crippen molar-refractivity contribution < 1.29 is 23.1 Å². The van der Waals surface area contributed by atoms with Gasteiger partial charge in [-0.25, -0.2) is 14.8 Å². The molecule has 0 radical (unpaired) electrons. The molecule has 1 N–H and O–H groups in total. The molecule has 0 atom stereocenters. The summed E-state index contributed by atoms with van der Waals surface area (Å²) in [5, 5.41) is 8.88. The number of aromatic carboxylic acids is 1. The Kier molecular flexibility index (Phi) is 4.52. The van der Waals surface area contributed by atoms with Crippen molar-refractivity contribution in [2.45, 2.75) is 16.2 Å². The summed E-state index contributed by atoms with van der Waals surface area (Å²) in [5.74, 6) is -1.14. The normalized spacial score (nSPS) is 11.4. The lowest BCUT2D eigenvalue weighted by molar-refractivity contribution is -0.141. The van der Waals surface area contributed by atoms with Crippen LogP contribution in [0.1, 0.15) is 16.1 Å². The second-order valence-electron chi connectivity index (χ2n) is 3.77. The fourth-order valence-electron chi connectivity index (χ4n) is 1.39. The Morgan fingerprint density at radius 3 is 2.62 bits per heavy atom. The third-order valence-electron chi connectivity index (χ3n) is 2.30. The van der Waals surface area contributed by atoms with Gasteiger partial charge in [-0.3, -0.25) is 0 Å². The van der Waals surface area contributed by atoms with E-state index in [1.807, 2.05) is 0 Å². The Balaban J connectivity index is 2.31. The Morgan fingerprint density at radius 1 is 1.29 bits per heavy atom. The van der Waals surface area contributed by atoms with Crippen molar-refractivity contribution in [1.29, 1.82) is 0 Å². The average molecular weight is 379 g/mol. The van der Waals surface area contributed by atoms with Gasteiger partial charge in [-0.1, -0.05) is 0 Å². The molecule has 2 aromatic rings. The molecule has 9 heteroatoms. The molecule has 110 valence electrons. The van der Waals surface area contributed by atoms with Crippen LogP contribution in [0, 0.1) is 0 Å². The van der Waals surface area contributed by atoms with Crippen LogP contribution in [0.4, 0.5) is 13.2 Å². The third-order valence-corrected chi connectivity index (χ3v) is 3.86. The molecule has 21 heavy (non-hydrogen) atoms. The monoisotopic (exact) mass is 378 g/mol. The molecule has 4 nitrogen and oxygen atoms in total. The van der Waals surface area contributed by atoms with Gasteiger partial charge in [-0.2, -0.15) is 13.2 Å². The second-order valence-corrected chi connectivity index (χ2v) is 5.67. The van der Waals surface area contributed by atoms with Gasteiger partial charge in [0.1, 0.15) is 5.69 Å². The topological polar surface area (TPSA) is 63.1 Å². The number of carbonyl (C=O) groups is 1. The summed E-state index contributed by atoms with van der Waals surface area (Å²) in [4.78, 5) is 18.6. The van der Waals surface area contributed by atoms with Crippen LogP contribution in [0.5, 0.6) is 0 Å². The van der Waals surface area contributed by atoms with Crippen molar-refractivity contribution in [2.24, 2.45) is 0 Å². The summed E-state index contributed by atoms with van der Waals surface area (Å²) in [6.07, 6.45) is -3.54. The van der Waals surface area contributed by atoms with Crippen molar-refractivity contribution in [3.8, 4) is 0 Å². The summed E-state index contributed by atoms with van der Waals surface area (Å²) in [6, 6.07) is 5.17. The van der Waals surface area contributed by atoms with Crippen molar-refractivity contribution in [1.82, 2.24) is 9.97 Å². The molecule has 0 spiro atoms. The van der Waals surface area contributed by atoms with Crippen molar-refractivity contribution in [3.05, 3.63) is 46.2 Å². The summed E-state index contributed by atoms with van der Waals surface area (Å²) < 4.78 is 38.0. The molecule has 0 saturated carbocycles. The first-order valence-corrected chi connectivity index (χ1v) is 6.99. The highest BCUT2D eigenvalue weighted by atomic mass is 79.9. The maximum Gasteiger partial charge on any atom is 0.433 e. The Bertz CT molecular complexity index is 694. The number of rotatable bonds is 3. The Hall–Kier alpha value is -1.61. The standard InChI is InChI=1S/C12H6BrF3N2O2S/c13-8-2-1-6(5-7(8)10(19)20)21-11-17-4-3-9(18-11)12(14,15)16/h1-5H,(H,19,20). The summed E-state index contributed by atoms with van der Waals surface area (Å²) in [7, 11) is 0. The molecule has 0 bridgehead atoms. The average Bonchev–Trinajstić information content (AvgIpc) is 2.40. The number of carboxylic acids is 1. The Labute approximate surface area is 129 Å². The summed E-state index contributed by atoms with van der Waals surface area (Å²) >= 11 is 3.94. The van der Waals surface area contributed by atoms with Gasteiger partial charge in [0, 0.05) is 15.6 Å². The minimum absolute atomic E-state index is 0.00646. The molecule has 0 fully saturated rings. The van der Waals surface area contributed by atoms with Gasteiger partial charge in [0.15, 0.2) is 5.16 Å². The van der Waals surface area contributed by atoms with Gasteiger partial charge in [0.25, 0.3) is 0 Å². The van der Waals surface area contributed by atoms with E-state index in [-0.39, 0.29) is 10.7 Å². The van der Waals surface area contributed by atoms with Gasteiger partial charge in [0.05, 0.1) is 5.56 Å². The summed E-state index contributed by atoms with van der Waals surface area (Å²) in [6.45, 7) is 0. The predicted molar refractivity (Wildman–Crippen MR) is 72.3 cm³/mol. The number of hydrogen-bond donors (Lipinski definition) is 1. The van der Waals surface area contributed by atoms with Gasteiger partial charge in [-0.15, -0.1) is 0 Å². The molecule has 0 aliphatic carbocycles. The fraction of sp³-hybridized carbons (Fsp3) is 0.0833. The van der Waals surface area contributed by atoms with Crippen molar-refractivity contribution in [3.63, 3.8) is 0 Å². The van der Waals surface area contributed by atoms with Crippen LogP contribution in [-0.4, -0.2) is 21.0 Å². The molecule has 1 aromatic carbocycles. The van der Waals surface area contributed by atoms with Crippen LogP contribution in [0.15, 0.2) is 45.0 Å². The van der Waals surface area contributed by atoms with Gasteiger partial charge >= 0.3 is 12.1 Å². The maximum absolute atomic E-state index is 12.5. The lowest BCUT2D eigenvalue weighted by Gasteiger charge is -2.07. The van der Waals surface area contributed by atoms with E-state index in [0.717, 1.165) is 24.0 Å². The fourth-order valence-corrected chi connectivity index (χ4v) is 2.58. The molecular formula is C12H6BrF3N2O2S. The smallest absolute Gasteiger partial charge is 0.433 e. The zero-order valence-electron chi connectivity index (χ0n) is 10.1. The number of benzene rings is 1. The van der Waals surface area contributed by atoms with E-state index >= 15 is 0 Å². The van der Waals surface area contributed by atoms with Crippen LogP contribution < -0.4 is 0 Å². The number of hydrogen-bond acceptors (Lipinski definition) is 4. The van der Waals surface area contributed by atoms with Gasteiger partial charge in [0.2, 0.25) is 0 Å². The lowest BCUT2D eigenvalue weighted by Crippen LogP contribution is -2.08.